The van der Waals surface area contributed by atoms with Gasteiger partial charge in [0, 0.05) is 19.1 Å². The number of carbonyl (C=O) groups excluding carboxylic acids is 1. The minimum absolute atomic E-state index is 0.197. The van der Waals surface area contributed by atoms with Gasteiger partial charge in [-0.2, -0.15) is 0 Å². The summed E-state index contributed by atoms with van der Waals surface area (Å²) in [5, 5.41) is 3.49. The van der Waals surface area contributed by atoms with Crippen LogP contribution in [-0.4, -0.2) is 53.6 Å². The molecule has 1 rings (SSSR count). The van der Waals surface area contributed by atoms with Crippen LogP contribution in [0.4, 0.5) is 0 Å². The normalized spacial score (nSPS) is 29.3. The van der Waals surface area contributed by atoms with E-state index in [1.54, 1.807) is 0 Å². The molecular weight excluding hydrogens is 238 g/mol. The Hall–Kier alpha value is -0.610. The third kappa shape index (κ3) is 3.48. The lowest BCUT2D eigenvalue weighted by molar-refractivity contribution is -0.133. The van der Waals surface area contributed by atoms with E-state index in [0.29, 0.717) is 6.04 Å². The molecule has 0 aliphatic carbocycles. The zero-order valence-corrected chi connectivity index (χ0v) is 13.5. The van der Waals surface area contributed by atoms with Gasteiger partial charge >= 0.3 is 0 Å². The molecule has 1 N–H and O–H groups in total. The van der Waals surface area contributed by atoms with Crippen molar-refractivity contribution in [1.29, 1.82) is 0 Å². The summed E-state index contributed by atoms with van der Waals surface area (Å²) < 4.78 is 0. The second kappa shape index (κ2) is 6.71. The van der Waals surface area contributed by atoms with Gasteiger partial charge < -0.3 is 9.80 Å². The third-order valence-electron chi connectivity index (χ3n) is 4.72. The minimum Gasteiger partial charge on any atom is -0.324 e. The smallest absolute Gasteiger partial charge is 0.243 e. The second-order valence-corrected chi connectivity index (χ2v) is 5.99. The number of nitrogens with one attached hydrogen (secondary N) is 1. The van der Waals surface area contributed by atoms with E-state index in [1.165, 1.54) is 0 Å². The number of hydrogen-bond acceptors (Lipinski definition) is 3. The average molecular weight is 269 g/mol. The number of rotatable bonds is 7. The number of nitrogens with zero attached hydrogens (tertiary/aromatic N) is 2. The van der Waals surface area contributed by atoms with Gasteiger partial charge in [-0.25, -0.2) is 0 Å². The molecule has 3 atom stereocenters. The Kier molecular flexibility index (Phi) is 5.81. The summed E-state index contributed by atoms with van der Waals surface area (Å²) in [6.07, 6.45) is 3.16. The highest BCUT2D eigenvalue weighted by molar-refractivity contribution is 5.88. The molecule has 1 amide bonds. The monoisotopic (exact) mass is 269 g/mol. The van der Waals surface area contributed by atoms with E-state index < -0.39 is 0 Å². The maximum atomic E-state index is 12.5. The predicted octanol–water partition coefficient (Wildman–Crippen LogP) is 2.05. The predicted molar refractivity (Wildman–Crippen MR) is 80.0 cm³/mol. The van der Waals surface area contributed by atoms with Gasteiger partial charge in [-0.1, -0.05) is 20.8 Å². The molecular formula is C15H31N3O. The lowest BCUT2D eigenvalue weighted by atomic mass is 9.99. The Morgan fingerprint density at radius 2 is 2.05 bits per heavy atom. The summed E-state index contributed by atoms with van der Waals surface area (Å²) in [5.41, 5.74) is -0.365. The highest BCUT2D eigenvalue weighted by Gasteiger charge is 2.45. The molecule has 0 aromatic rings. The molecule has 0 bridgehead atoms. The Morgan fingerprint density at radius 1 is 1.42 bits per heavy atom. The summed E-state index contributed by atoms with van der Waals surface area (Å²) in [6.45, 7) is 12.4. The second-order valence-electron chi connectivity index (χ2n) is 5.99. The standard InChI is InChI=1S/C15H31N3O/c1-7-12(4)17(6)10-11-18-13(8-2)16-15(5,9-3)14(18)19/h12-13,16H,7-11H2,1-6H3. The number of likely N-dealkylation sites (N-methyl/N-ethyl adjacent to an activating group) is 1. The number of hydrogen-bond donors (Lipinski definition) is 1. The summed E-state index contributed by atoms with van der Waals surface area (Å²) >= 11 is 0. The largest absolute Gasteiger partial charge is 0.324 e. The third-order valence-corrected chi connectivity index (χ3v) is 4.72. The molecule has 4 nitrogen and oxygen atoms in total. The first kappa shape index (κ1) is 16.4. The van der Waals surface area contributed by atoms with Gasteiger partial charge in [0.1, 0.15) is 0 Å². The molecule has 1 heterocycles. The van der Waals surface area contributed by atoms with Gasteiger partial charge in [0.05, 0.1) is 11.7 Å². The number of carbonyl (C=O) groups is 1. The molecule has 0 saturated carbocycles. The van der Waals surface area contributed by atoms with Crippen LogP contribution >= 0.6 is 0 Å². The van der Waals surface area contributed by atoms with Gasteiger partial charge in [-0.3, -0.25) is 10.1 Å². The lowest BCUT2D eigenvalue weighted by Crippen LogP contribution is -2.44. The highest BCUT2D eigenvalue weighted by atomic mass is 16.2. The van der Waals surface area contributed by atoms with Crippen molar-refractivity contribution < 1.29 is 4.79 Å². The van der Waals surface area contributed by atoms with Crippen molar-refractivity contribution in [3.63, 3.8) is 0 Å². The summed E-state index contributed by atoms with van der Waals surface area (Å²) in [5.74, 6) is 0.263. The van der Waals surface area contributed by atoms with Crippen molar-refractivity contribution in [1.82, 2.24) is 15.1 Å². The van der Waals surface area contributed by atoms with Crippen LogP contribution in [0.2, 0.25) is 0 Å². The van der Waals surface area contributed by atoms with Gasteiger partial charge in [-0.05, 0) is 40.2 Å². The lowest BCUT2D eigenvalue weighted by Gasteiger charge is -2.29. The van der Waals surface area contributed by atoms with Crippen molar-refractivity contribution in [3.8, 4) is 0 Å². The van der Waals surface area contributed by atoms with Crippen LogP contribution in [0.5, 0.6) is 0 Å². The summed E-state index contributed by atoms with van der Waals surface area (Å²) in [7, 11) is 2.14. The molecule has 0 aromatic heterocycles. The zero-order valence-electron chi connectivity index (χ0n) is 13.5. The van der Waals surface area contributed by atoms with Crippen LogP contribution in [-0.2, 0) is 4.79 Å². The minimum atomic E-state index is -0.365. The van der Waals surface area contributed by atoms with Crippen LogP contribution in [0.3, 0.4) is 0 Å². The SMILES string of the molecule is CCC(C)N(C)CCN1C(=O)C(C)(CC)NC1CC. The first-order chi connectivity index (χ1) is 8.89. The van der Waals surface area contributed by atoms with E-state index in [1.807, 2.05) is 11.8 Å². The topological polar surface area (TPSA) is 35.6 Å². The first-order valence-corrected chi connectivity index (χ1v) is 7.68. The quantitative estimate of drug-likeness (QED) is 0.768. The molecule has 1 aliphatic heterocycles. The first-order valence-electron chi connectivity index (χ1n) is 7.68. The maximum Gasteiger partial charge on any atom is 0.243 e. The molecule has 1 fully saturated rings. The fourth-order valence-electron chi connectivity index (χ4n) is 2.60. The van der Waals surface area contributed by atoms with E-state index in [0.717, 1.165) is 32.4 Å². The highest BCUT2D eigenvalue weighted by Crippen LogP contribution is 2.24. The van der Waals surface area contributed by atoms with Crippen LogP contribution in [0.15, 0.2) is 0 Å². The molecule has 0 spiro atoms. The van der Waals surface area contributed by atoms with Crippen molar-refractivity contribution in [3.05, 3.63) is 0 Å². The van der Waals surface area contributed by atoms with Gasteiger partial charge in [-0.15, -0.1) is 0 Å². The molecule has 112 valence electrons. The van der Waals surface area contributed by atoms with Crippen molar-refractivity contribution >= 4 is 5.91 Å². The fourth-order valence-corrected chi connectivity index (χ4v) is 2.60. The Balaban J connectivity index is 2.63. The molecule has 0 aromatic carbocycles. The van der Waals surface area contributed by atoms with E-state index in [4.69, 9.17) is 0 Å². The van der Waals surface area contributed by atoms with Crippen molar-refractivity contribution in [2.24, 2.45) is 0 Å². The number of amides is 1. The van der Waals surface area contributed by atoms with Gasteiger partial charge in [0.25, 0.3) is 0 Å². The van der Waals surface area contributed by atoms with Crippen LogP contribution in [0.25, 0.3) is 0 Å². The van der Waals surface area contributed by atoms with Crippen LogP contribution < -0.4 is 5.32 Å². The van der Waals surface area contributed by atoms with E-state index in [9.17, 15) is 4.79 Å². The Morgan fingerprint density at radius 3 is 2.53 bits per heavy atom. The van der Waals surface area contributed by atoms with E-state index >= 15 is 0 Å². The zero-order chi connectivity index (χ0) is 14.6. The Bertz CT molecular complexity index is 308. The molecule has 0 radical (unpaired) electrons. The van der Waals surface area contributed by atoms with Gasteiger partial charge in [0.15, 0.2) is 0 Å². The molecule has 1 aliphatic rings. The van der Waals surface area contributed by atoms with E-state index in [2.05, 4.69) is 45.0 Å². The molecule has 1 saturated heterocycles. The molecule has 19 heavy (non-hydrogen) atoms. The Labute approximate surface area is 118 Å². The van der Waals surface area contributed by atoms with Crippen LogP contribution in [0.1, 0.15) is 53.9 Å². The fraction of sp³-hybridized carbons (Fsp3) is 0.933. The van der Waals surface area contributed by atoms with Crippen molar-refractivity contribution in [2.45, 2.75) is 71.6 Å². The van der Waals surface area contributed by atoms with Gasteiger partial charge in [0.2, 0.25) is 5.91 Å². The summed E-state index contributed by atoms with van der Waals surface area (Å²) in [6, 6.07) is 0.572. The average Bonchev–Trinajstić information content (AvgIpc) is 2.67. The van der Waals surface area contributed by atoms with Crippen molar-refractivity contribution in [2.75, 3.05) is 20.1 Å². The van der Waals surface area contributed by atoms with E-state index in [-0.39, 0.29) is 17.6 Å². The molecule has 3 unspecified atom stereocenters. The molecule has 4 heteroatoms. The summed E-state index contributed by atoms with van der Waals surface area (Å²) in [4.78, 5) is 16.9. The van der Waals surface area contributed by atoms with Crippen LogP contribution in [0, 0.1) is 0 Å². The maximum absolute atomic E-state index is 12.5.